The Morgan fingerprint density at radius 2 is 2.00 bits per heavy atom. The molecule has 0 bridgehead atoms. The lowest BCUT2D eigenvalue weighted by Gasteiger charge is -2.43. The van der Waals surface area contributed by atoms with E-state index in [1.807, 2.05) is 25.1 Å². The minimum atomic E-state index is 0.0824. The number of aryl methyl sites for hydroxylation is 1. The van der Waals surface area contributed by atoms with Crippen molar-refractivity contribution in [3.63, 3.8) is 0 Å². The van der Waals surface area contributed by atoms with E-state index in [9.17, 15) is 4.79 Å². The topological polar surface area (TPSA) is 106 Å². The Morgan fingerprint density at radius 3 is 2.73 bits per heavy atom. The molecule has 2 saturated carbocycles. The van der Waals surface area contributed by atoms with Crippen LogP contribution in [0.25, 0.3) is 22.0 Å². The first-order valence-corrected chi connectivity index (χ1v) is 11.6. The van der Waals surface area contributed by atoms with Gasteiger partial charge in [-0.2, -0.15) is 0 Å². The normalized spacial score (nSPS) is 26.7. The Morgan fingerprint density at radius 1 is 1.21 bits per heavy atom. The van der Waals surface area contributed by atoms with Crippen LogP contribution in [0.3, 0.4) is 0 Å². The van der Waals surface area contributed by atoms with Crippen LogP contribution in [0.2, 0.25) is 0 Å². The van der Waals surface area contributed by atoms with Crippen LogP contribution in [0.1, 0.15) is 18.4 Å². The second kappa shape index (κ2) is 7.74. The van der Waals surface area contributed by atoms with Gasteiger partial charge in [-0.3, -0.25) is 14.7 Å². The van der Waals surface area contributed by atoms with Gasteiger partial charge >= 0.3 is 0 Å². The smallest absolute Gasteiger partial charge is 0.229 e. The molecule has 3 aliphatic rings. The van der Waals surface area contributed by atoms with Crippen molar-refractivity contribution >= 4 is 28.3 Å². The first kappa shape index (κ1) is 20.5. The summed E-state index contributed by atoms with van der Waals surface area (Å²) in [6.45, 7) is 4.07. The monoisotopic (exact) mass is 444 g/mol. The number of aromatic nitrogens is 3. The summed E-state index contributed by atoms with van der Waals surface area (Å²) >= 11 is 0. The van der Waals surface area contributed by atoms with Crippen LogP contribution in [0.15, 0.2) is 36.8 Å². The average molecular weight is 445 g/mol. The molecule has 3 N–H and O–H groups in total. The maximum atomic E-state index is 13.0. The molecule has 8 nitrogen and oxygen atoms in total. The number of nitrogens with two attached hydrogens (primary N) is 1. The lowest BCUT2D eigenvalue weighted by atomic mass is 10.0. The number of amides is 1. The van der Waals surface area contributed by atoms with Crippen molar-refractivity contribution in [2.75, 3.05) is 31.2 Å². The molecular formula is C25H28N6O2. The van der Waals surface area contributed by atoms with Gasteiger partial charge in [0.05, 0.1) is 11.8 Å². The molecule has 0 unspecified atom stereocenters. The summed E-state index contributed by atoms with van der Waals surface area (Å²) in [5.74, 6) is 2.15. The standard InChI is InChI=1S/C25H28N6O2/c1-13-3-4-27-9-19(13)21-5-14-6-22(28-10-20(14)24(26)29-21)30-25(32)23-17-7-15(8-18(17)23)31-11-16(12-31)33-2/h3-6,9-10,15-18,23H,7-8,11-12H2,1-2H3,(H2,26,29)(H,28,30,32)/t15-,17-,18+,23-. The van der Waals surface area contributed by atoms with Crippen molar-refractivity contribution in [1.29, 1.82) is 0 Å². The minimum Gasteiger partial charge on any atom is -0.383 e. The van der Waals surface area contributed by atoms with Crippen LogP contribution in [0.4, 0.5) is 11.6 Å². The molecule has 0 radical (unpaired) electrons. The number of nitrogens with one attached hydrogen (secondary N) is 1. The molecule has 6 rings (SSSR count). The van der Waals surface area contributed by atoms with Gasteiger partial charge in [0.1, 0.15) is 11.6 Å². The maximum Gasteiger partial charge on any atom is 0.229 e. The van der Waals surface area contributed by atoms with E-state index in [2.05, 4.69) is 25.2 Å². The van der Waals surface area contributed by atoms with Gasteiger partial charge in [0.15, 0.2) is 0 Å². The number of fused-ring (bicyclic) bond motifs is 2. The fraction of sp³-hybridized carbons (Fsp3) is 0.440. The van der Waals surface area contributed by atoms with Crippen LogP contribution in [-0.4, -0.2) is 58.1 Å². The Labute approximate surface area is 192 Å². The van der Waals surface area contributed by atoms with Gasteiger partial charge in [-0.05, 0) is 60.7 Å². The molecule has 0 aromatic carbocycles. The molecule has 1 aliphatic heterocycles. The second-order valence-electron chi connectivity index (χ2n) is 9.65. The van der Waals surface area contributed by atoms with E-state index in [4.69, 9.17) is 10.5 Å². The van der Waals surface area contributed by atoms with Gasteiger partial charge in [0, 0.05) is 61.7 Å². The number of nitrogen functional groups attached to an aromatic ring is 1. The molecule has 4 heterocycles. The number of methoxy groups -OCH3 is 1. The van der Waals surface area contributed by atoms with Gasteiger partial charge in [0.25, 0.3) is 0 Å². The van der Waals surface area contributed by atoms with Crippen LogP contribution < -0.4 is 11.1 Å². The summed E-state index contributed by atoms with van der Waals surface area (Å²) in [6, 6.07) is 6.42. The number of anilines is 2. The van der Waals surface area contributed by atoms with Crippen LogP contribution >= 0.6 is 0 Å². The summed E-state index contributed by atoms with van der Waals surface area (Å²) in [5, 5.41) is 4.71. The number of likely N-dealkylation sites (tertiary alicyclic amines) is 1. The fourth-order valence-corrected chi connectivity index (χ4v) is 5.74. The van der Waals surface area contributed by atoms with Crippen molar-refractivity contribution in [1.82, 2.24) is 19.9 Å². The molecule has 8 heteroatoms. The number of ether oxygens (including phenoxy) is 1. The molecule has 1 saturated heterocycles. The van der Waals surface area contributed by atoms with Crippen molar-refractivity contribution in [3.8, 4) is 11.3 Å². The highest BCUT2D eigenvalue weighted by Crippen LogP contribution is 2.59. The minimum absolute atomic E-state index is 0.0824. The first-order valence-electron chi connectivity index (χ1n) is 11.6. The van der Waals surface area contributed by atoms with E-state index >= 15 is 0 Å². The number of nitrogens with zero attached hydrogens (tertiary/aromatic N) is 4. The Kier molecular flexibility index (Phi) is 4.81. The third-order valence-corrected chi connectivity index (χ3v) is 7.76. The van der Waals surface area contributed by atoms with E-state index in [-0.39, 0.29) is 11.8 Å². The largest absolute Gasteiger partial charge is 0.383 e. The number of hydrogen-bond donors (Lipinski definition) is 2. The van der Waals surface area contributed by atoms with Crippen molar-refractivity contribution in [2.24, 2.45) is 17.8 Å². The molecule has 4 atom stereocenters. The molecule has 0 spiro atoms. The first-order chi connectivity index (χ1) is 16.0. The zero-order chi connectivity index (χ0) is 22.7. The Bertz CT molecular complexity index is 1230. The lowest BCUT2D eigenvalue weighted by molar-refractivity contribution is -0.118. The number of rotatable bonds is 5. The summed E-state index contributed by atoms with van der Waals surface area (Å²) in [6.07, 6.45) is 7.85. The van der Waals surface area contributed by atoms with Crippen molar-refractivity contribution in [3.05, 3.63) is 42.4 Å². The fourth-order valence-electron chi connectivity index (χ4n) is 5.74. The molecule has 3 aromatic rings. The van der Waals surface area contributed by atoms with Gasteiger partial charge in [0.2, 0.25) is 5.91 Å². The zero-order valence-electron chi connectivity index (χ0n) is 18.9. The average Bonchev–Trinajstić information content (AvgIpc) is 3.28. The molecular weight excluding hydrogens is 416 g/mol. The second-order valence-corrected chi connectivity index (χ2v) is 9.65. The SMILES string of the molecule is COC1CN([C@@H]2C[C@@H]3[C@H](C2)[C@@H]3C(=O)Nc2cc3cc(-c4cnccc4C)nc(N)c3cn2)C1. The summed E-state index contributed by atoms with van der Waals surface area (Å²) in [7, 11) is 1.78. The number of carbonyl (C=O) groups excluding carboxylic acids is 1. The van der Waals surface area contributed by atoms with Gasteiger partial charge in [-0.15, -0.1) is 0 Å². The maximum absolute atomic E-state index is 13.0. The summed E-state index contributed by atoms with van der Waals surface area (Å²) in [5.41, 5.74) is 8.99. The Hall–Kier alpha value is -3.10. The van der Waals surface area contributed by atoms with Crippen molar-refractivity contribution < 1.29 is 9.53 Å². The van der Waals surface area contributed by atoms with E-state index in [0.717, 1.165) is 53.5 Å². The zero-order valence-corrected chi connectivity index (χ0v) is 18.9. The molecule has 1 amide bonds. The number of pyridine rings is 3. The van der Waals surface area contributed by atoms with E-state index in [0.29, 0.717) is 35.6 Å². The number of carbonyl (C=O) groups is 1. The summed E-state index contributed by atoms with van der Waals surface area (Å²) < 4.78 is 5.39. The third kappa shape index (κ3) is 3.54. The predicted octanol–water partition coefficient (Wildman–Crippen LogP) is 2.88. The van der Waals surface area contributed by atoms with Crippen LogP contribution in [-0.2, 0) is 9.53 Å². The Balaban J connectivity index is 1.15. The van der Waals surface area contributed by atoms with E-state index < -0.39 is 0 Å². The van der Waals surface area contributed by atoms with Crippen molar-refractivity contribution in [2.45, 2.75) is 31.9 Å². The molecule has 33 heavy (non-hydrogen) atoms. The highest BCUT2D eigenvalue weighted by molar-refractivity contribution is 5.98. The predicted molar refractivity (Wildman–Crippen MR) is 126 cm³/mol. The third-order valence-electron chi connectivity index (χ3n) is 7.76. The molecule has 3 aromatic heterocycles. The van der Waals surface area contributed by atoms with E-state index in [1.54, 1.807) is 25.7 Å². The van der Waals surface area contributed by atoms with Crippen LogP contribution in [0.5, 0.6) is 0 Å². The van der Waals surface area contributed by atoms with Gasteiger partial charge < -0.3 is 15.8 Å². The number of hydrogen-bond acceptors (Lipinski definition) is 7. The van der Waals surface area contributed by atoms with Crippen LogP contribution in [0, 0.1) is 24.7 Å². The summed E-state index contributed by atoms with van der Waals surface area (Å²) in [4.78, 5) is 28.6. The quantitative estimate of drug-likeness (QED) is 0.623. The highest BCUT2D eigenvalue weighted by atomic mass is 16.5. The van der Waals surface area contributed by atoms with E-state index in [1.165, 1.54) is 0 Å². The molecule has 2 aliphatic carbocycles. The van der Waals surface area contributed by atoms with Gasteiger partial charge in [-0.1, -0.05) is 0 Å². The molecule has 170 valence electrons. The highest BCUT2D eigenvalue weighted by Gasteiger charge is 2.60. The molecule has 3 fully saturated rings. The lowest BCUT2D eigenvalue weighted by Crippen LogP contribution is -2.55. The van der Waals surface area contributed by atoms with Gasteiger partial charge in [-0.25, -0.2) is 9.97 Å².